The fourth-order valence-electron chi connectivity index (χ4n) is 3.69. The predicted molar refractivity (Wildman–Crippen MR) is 101 cm³/mol. The molecule has 1 saturated heterocycles. The van der Waals surface area contributed by atoms with Gasteiger partial charge < -0.3 is 19.9 Å². The molecule has 1 amide bonds. The van der Waals surface area contributed by atoms with E-state index in [4.69, 9.17) is 10.00 Å². The lowest BCUT2D eigenvalue weighted by atomic mass is 9.99. The summed E-state index contributed by atoms with van der Waals surface area (Å²) in [6.07, 6.45) is 8.28. The van der Waals surface area contributed by atoms with Crippen molar-refractivity contribution in [3.63, 3.8) is 0 Å². The Balaban J connectivity index is 1.66. The third kappa shape index (κ3) is 3.24. The number of alkyl carbamates (subject to hydrolysis) is 1. The van der Waals surface area contributed by atoms with E-state index < -0.39 is 6.09 Å². The number of nitrogens with one attached hydrogen (secondary N) is 2. The minimum Gasteiger partial charge on any atom is -0.444 e. The number of rotatable bonds is 3. The van der Waals surface area contributed by atoms with Crippen molar-refractivity contribution in [1.82, 2.24) is 20.3 Å². The molecule has 2 unspecified atom stereocenters. The standard InChI is InChI=1S/C19H20N6O2/c1-12-2-3-14(27-19(26)23-7-5-20)11-25(12)16-10-21-8-13-9-24-18-15(17(13)16)4-6-22-18/h4,6,8-10,12,14H,2-3,7,11H2,1H3,(H,22,24)(H,23,26). The maximum absolute atomic E-state index is 11.8. The van der Waals surface area contributed by atoms with Crippen molar-refractivity contribution in [2.24, 2.45) is 0 Å². The monoisotopic (exact) mass is 364 g/mol. The Morgan fingerprint density at radius 3 is 3.19 bits per heavy atom. The Bertz CT molecular complexity index is 1020. The molecule has 0 aliphatic carbocycles. The van der Waals surface area contributed by atoms with Crippen LogP contribution in [0.1, 0.15) is 19.8 Å². The van der Waals surface area contributed by atoms with Crippen molar-refractivity contribution >= 4 is 33.6 Å². The molecule has 27 heavy (non-hydrogen) atoms. The molecular formula is C19H20N6O2. The Labute approximate surface area is 156 Å². The van der Waals surface area contributed by atoms with E-state index in [-0.39, 0.29) is 12.6 Å². The summed E-state index contributed by atoms with van der Waals surface area (Å²) in [5, 5.41) is 14.1. The number of pyridine rings is 2. The summed E-state index contributed by atoms with van der Waals surface area (Å²) in [5.74, 6) is 0. The van der Waals surface area contributed by atoms with E-state index >= 15 is 0 Å². The van der Waals surface area contributed by atoms with E-state index in [1.165, 1.54) is 0 Å². The van der Waals surface area contributed by atoms with Crippen molar-refractivity contribution in [3.05, 3.63) is 30.9 Å². The molecule has 0 spiro atoms. The van der Waals surface area contributed by atoms with Crippen molar-refractivity contribution in [2.75, 3.05) is 18.0 Å². The molecule has 1 fully saturated rings. The zero-order chi connectivity index (χ0) is 18.8. The number of anilines is 1. The number of amides is 1. The van der Waals surface area contributed by atoms with Crippen LogP contribution in [0.5, 0.6) is 0 Å². The van der Waals surface area contributed by atoms with E-state index in [0.29, 0.717) is 12.6 Å². The Morgan fingerprint density at radius 1 is 1.44 bits per heavy atom. The first-order valence-corrected chi connectivity index (χ1v) is 8.95. The van der Waals surface area contributed by atoms with Crippen LogP contribution in [0, 0.1) is 11.3 Å². The van der Waals surface area contributed by atoms with Gasteiger partial charge >= 0.3 is 6.09 Å². The van der Waals surface area contributed by atoms with Crippen LogP contribution in [0.3, 0.4) is 0 Å². The minimum atomic E-state index is -0.552. The van der Waals surface area contributed by atoms with E-state index in [0.717, 1.165) is 40.3 Å². The molecule has 4 rings (SSSR count). The molecule has 1 aliphatic heterocycles. The highest BCUT2D eigenvalue weighted by atomic mass is 16.6. The van der Waals surface area contributed by atoms with Crippen molar-refractivity contribution in [3.8, 4) is 6.07 Å². The largest absolute Gasteiger partial charge is 0.444 e. The number of aromatic amines is 1. The van der Waals surface area contributed by atoms with Crippen LogP contribution in [0.2, 0.25) is 0 Å². The van der Waals surface area contributed by atoms with E-state index in [1.54, 1.807) is 0 Å². The fraction of sp³-hybridized carbons (Fsp3) is 0.368. The van der Waals surface area contributed by atoms with Gasteiger partial charge in [-0.05, 0) is 25.8 Å². The Hall–Kier alpha value is -3.34. The first-order valence-electron chi connectivity index (χ1n) is 8.95. The molecule has 8 nitrogen and oxygen atoms in total. The van der Waals surface area contributed by atoms with Crippen molar-refractivity contribution in [2.45, 2.75) is 31.9 Å². The molecule has 2 N–H and O–H groups in total. The zero-order valence-corrected chi connectivity index (χ0v) is 15.0. The van der Waals surface area contributed by atoms with Crippen LogP contribution in [-0.2, 0) is 4.74 Å². The van der Waals surface area contributed by atoms with Gasteiger partial charge in [-0.25, -0.2) is 9.78 Å². The summed E-state index contributed by atoms with van der Waals surface area (Å²) in [7, 11) is 0. The second-order valence-corrected chi connectivity index (χ2v) is 6.74. The number of nitriles is 1. The molecule has 1 aliphatic rings. The van der Waals surface area contributed by atoms with Crippen LogP contribution in [0.15, 0.2) is 30.9 Å². The molecule has 0 radical (unpaired) electrons. The first kappa shape index (κ1) is 17.1. The van der Waals surface area contributed by atoms with Gasteiger partial charge in [0.05, 0.1) is 24.5 Å². The summed E-state index contributed by atoms with van der Waals surface area (Å²) in [5.41, 5.74) is 1.85. The van der Waals surface area contributed by atoms with Gasteiger partial charge in [-0.2, -0.15) is 5.26 Å². The van der Waals surface area contributed by atoms with Crippen LogP contribution < -0.4 is 10.2 Å². The van der Waals surface area contributed by atoms with Gasteiger partial charge in [0.15, 0.2) is 0 Å². The Morgan fingerprint density at radius 2 is 2.33 bits per heavy atom. The topological polar surface area (TPSA) is 107 Å². The maximum atomic E-state index is 11.8. The van der Waals surface area contributed by atoms with Crippen LogP contribution in [0.25, 0.3) is 21.8 Å². The lowest BCUT2D eigenvalue weighted by molar-refractivity contribution is 0.0848. The Kier molecular flexibility index (Phi) is 4.50. The second-order valence-electron chi connectivity index (χ2n) is 6.74. The summed E-state index contributed by atoms with van der Waals surface area (Å²) >= 11 is 0. The SMILES string of the molecule is CC1CCC(OC(=O)NCC#N)CN1c1cncc2cnc3[nH]ccc3c12. The number of piperidine rings is 1. The van der Waals surface area contributed by atoms with Crippen LogP contribution in [-0.4, -0.2) is 46.3 Å². The number of hydrogen-bond acceptors (Lipinski definition) is 6. The van der Waals surface area contributed by atoms with Gasteiger partial charge in [0.25, 0.3) is 0 Å². The molecule has 138 valence electrons. The summed E-state index contributed by atoms with van der Waals surface area (Å²) in [6, 6.07) is 4.19. The highest BCUT2D eigenvalue weighted by Crippen LogP contribution is 2.35. The third-order valence-corrected chi connectivity index (χ3v) is 5.02. The molecule has 4 heterocycles. The highest BCUT2D eigenvalue weighted by molar-refractivity contribution is 6.11. The molecule has 2 atom stereocenters. The molecule has 3 aromatic rings. The van der Waals surface area contributed by atoms with Gasteiger partial charge in [0, 0.05) is 40.8 Å². The van der Waals surface area contributed by atoms with Crippen molar-refractivity contribution < 1.29 is 9.53 Å². The smallest absolute Gasteiger partial charge is 0.408 e. The van der Waals surface area contributed by atoms with E-state index in [2.05, 4.69) is 32.1 Å². The number of H-pyrrole nitrogens is 1. The fourth-order valence-corrected chi connectivity index (χ4v) is 3.69. The zero-order valence-electron chi connectivity index (χ0n) is 15.0. The minimum absolute atomic E-state index is 0.0581. The normalized spacial score (nSPS) is 19.8. The molecule has 0 saturated carbocycles. The van der Waals surface area contributed by atoms with Gasteiger partial charge in [-0.1, -0.05) is 0 Å². The number of aromatic nitrogens is 3. The lowest BCUT2D eigenvalue weighted by Crippen LogP contribution is -2.47. The lowest BCUT2D eigenvalue weighted by Gasteiger charge is -2.39. The van der Waals surface area contributed by atoms with E-state index in [1.807, 2.05) is 36.9 Å². The molecule has 8 heteroatoms. The molecule has 0 bridgehead atoms. The number of hydrogen-bond donors (Lipinski definition) is 2. The number of carbonyl (C=O) groups is 1. The van der Waals surface area contributed by atoms with Crippen LogP contribution in [0.4, 0.5) is 10.5 Å². The number of fused-ring (bicyclic) bond motifs is 3. The predicted octanol–water partition coefficient (Wildman–Crippen LogP) is 2.72. The third-order valence-electron chi connectivity index (χ3n) is 5.02. The highest BCUT2D eigenvalue weighted by Gasteiger charge is 2.29. The maximum Gasteiger partial charge on any atom is 0.408 e. The van der Waals surface area contributed by atoms with Gasteiger partial charge in [0.1, 0.15) is 18.3 Å². The van der Waals surface area contributed by atoms with Gasteiger partial charge in [0.2, 0.25) is 0 Å². The number of carbonyl (C=O) groups excluding carboxylic acids is 1. The van der Waals surface area contributed by atoms with Crippen LogP contribution >= 0.6 is 0 Å². The molecule has 0 aromatic carbocycles. The number of ether oxygens (including phenoxy) is 1. The summed E-state index contributed by atoms with van der Waals surface area (Å²) in [6.45, 7) is 2.69. The first-order chi connectivity index (χ1) is 13.2. The van der Waals surface area contributed by atoms with Crippen molar-refractivity contribution in [1.29, 1.82) is 5.26 Å². The molecule has 3 aromatic heterocycles. The summed E-state index contributed by atoms with van der Waals surface area (Å²) < 4.78 is 5.50. The number of nitrogens with zero attached hydrogens (tertiary/aromatic N) is 4. The second kappa shape index (κ2) is 7.11. The quantitative estimate of drug-likeness (QED) is 0.692. The van der Waals surface area contributed by atoms with Gasteiger partial charge in [-0.3, -0.25) is 4.98 Å². The average molecular weight is 364 g/mol. The average Bonchev–Trinajstić information content (AvgIpc) is 3.16. The summed E-state index contributed by atoms with van der Waals surface area (Å²) in [4.78, 5) is 26.0. The van der Waals surface area contributed by atoms with Gasteiger partial charge in [-0.15, -0.1) is 0 Å². The van der Waals surface area contributed by atoms with E-state index in [9.17, 15) is 4.79 Å². The molecular weight excluding hydrogens is 344 g/mol.